The van der Waals surface area contributed by atoms with Gasteiger partial charge in [-0.3, -0.25) is 4.79 Å². The fourth-order valence-corrected chi connectivity index (χ4v) is 3.66. The molecular formula is C28H20BrClN2O4. The van der Waals surface area contributed by atoms with Gasteiger partial charge in [0.2, 0.25) is 0 Å². The lowest BCUT2D eigenvalue weighted by Gasteiger charge is -2.07. The first-order chi connectivity index (χ1) is 17.5. The number of nitrogens with zero attached hydrogens (tertiary/aromatic N) is 1. The van der Waals surface area contributed by atoms with Crippen LogP contribution in [0, 0.1) is 0 Å². The van der Waals surface area contributed by atoms with E-state index in [4.69, 9.17) is 21.1 Å². The van der Waals surface area contributed by atoms with Crippen molar-refractivity contribution in [2.75, 3.05) is 0 Å². The second kappa shape index (κ2) is 12.2. The topological polar surface area (TPSA) is 77.0 Å². The van der Waals surface area contributed by atoms with Gasteiger partial charge in [0.1, 0.15) is 18.1 Å². The van der Waals surface area contributed by atoms with Crippen LogP contribution in [0.2, 0.25) is 5.02 Å². The van der Waals surface area contributed by atoms with Crippen LogP contribution in [-0.2, 0) is 6.61 Å². The van der Waals surface area contributed by atoms with Crippen molar-refractivity contribution in [3.05, 3.63) is 129 Å². The summed E-state index contributed by atoms with van der Waals surface area (Å²) in [5, 5.41) is 4.67. The summed E-state index contributed by atoms with van der Waals surface area (Å²) >= 11 is 9.22. The highest BCUT2D eigenvalue weighted by Gasteiger charge is 2.11. The zero-order valence-electron chi connectivity index (χ0n) is 18.9. The number of halogens is 2. The van der Waals surface area contributed by atoms with Crippen molar-refractivity contribution in [3.63, 3.8) is 0 Å². The average molecular weight is 564 g/mol. The van der Waals surface area contributed by atoms with Crippen LogP contribution >= 0.6 is 27.5 Å². The molecule has 0 heterocycles. The van der Waals surface area contributed by atoms with Gasteiger partial charge in [0.25, 0.3) is 5.91 Å². The van der Waals surface area contributed by atoms with Crippen LogP contribution in [0.15, 0.2) is 107 Å². The predicted molar refractivity (Wildman–Crippen MR) is 143 cm³/mol. The lowest BCUT2D eigenvalue weighted by atomic mass is 10.2. The normalized spacial score (nSPS) is 10.7. The van der Waals surface area contributed by atoms with E-state index >= 15 is 0 Å². The molecule has 0 aliphatic carbocycles. The Hall–Kier alpha value is -3.94. The van der Waals surface area contributed by atoms with Gasteiger partial charge in [-0.2, -0.15) is 5.10 Å². The van der Waals surface area contributed by atoms with Crippen LogP contribution < -0.4 is 14.9 Å². The van der Waals surface area contributed by atoms with Gasteiger partial charge in [-0.05, 0) is 99.9 Å². The Bertz CT molecular complexity index is 1370. The summed E-state index contributed by atoms with van der Waals surface area (Å²) in [5.74, 6) is 0.229. The first-order valence-electron chi connectivity index (χ1n) is 10.9. The third-order valence-corrected chi connectivity index (χ3v) is 5.94. The number of ether oxygens (including phenoxy) is 2. The maximum absolute atomic E-state index is 12.4. The third kappa shape index (κ3) is 7.04. The SMILES string of the molecule is O=C(N/N=C/c1ccc(OC(=O)c2ccccc2Br)cc1)c1ccc(OCc2ccc(Cl)cc2)cc1. The Kier molecular flexibility index (Phi) is 8.49. The van der Waals surface area contributed by atoms with Crippen molar-refractivity contribution >= 4 is 45.6 Å². The quantitative estimate of drug-likeness (QED) is 0.112. The molecule has 180 valence electrons. The van der Waals surface area contributed by atoms with Crippen molar-refractivity contribution in [3.8, 4) is 11.5 Å². The Morgan fingerprint density at radius 2 is 1.53 bits per heavy atom. The van der Waals surface area contributed by atoms with Crippen LogP contribution in [0.4, 0.5) is 0 Å². The number of hydrogen-bond acceptors (Lipinski definition) is 5. The molecule has 0 saturated heterocycles. The molecule has 1 amide bonds. The van der Waals surface area contributed by atoms with Gasteiger partial charge in [-0.15, -0.1) is 0 Å². The lowest BCUT2D eigenvalue weighted by molar-refractivity contribution is 0.0733. The molecule has 0 saturated carbocycles. The van der Waals surface area contributed by atoms with E-state index in [9.17, 15) is 9.59 Å². The monoisotopic (exact) mass is 562 g/mol. The minimum absolute atomic E-state index is 0.352. The molecule has 36 heavy (non-hydrogen) atoms. The van der Waals surface area contributed by atoms with Crippen LogP contribution in [0.3, 0.4) is 0 Å². The van der Waals surface area contributed by atoms with E-state index in [1.54, 1.807) is 66.7 Å². The fraction of sp³-hybridized carbons (Fsp3) is 0.0357. The Morgan fingerprint density at radius 1 is 0.861 bits per heavy atom. The number of nitrogens with one attached hydrogen (secondary N) is 1. The predicted octanol–water partition coefficient (Wildman–Crippen LogP) is 6.66. The van der Waals surface area contributed by atoms with Crippen molar-refractivity contribution in [1.82, 2.24) is 5.43 Å². The first kappa shape index (κ1) is 25.2. The van der Waals surface area contributed by atoms with Gasteiger partial charge in [0, 0.05) is 15.1 Å². The molecule has 0 aliphatic heterocycles. The van der Waals surface area contributed by atoms with Crippen molar-refractivity contribution in [2.45, 2.75) is 6.61 Å². The third-order valence-electron chi connectivity index (χ3n) is 5.00. The van der Waals surface area contributed by atoms with E-state index < -0.39 is 5.97 Å². The zero-order valence-corrected chi connectivity index (χ0v) is 21.2. The van der Waals surface area contributed by atoms with E-state index in [0.29, 0.717) is 38.7 Å². The number of carbonyl (C=O) groups excluding carboxylic acids is 2. The molecule has 4 aromatic rings. The number of amides is 1. The lowest BCUT2D eigenvalue weighted by Crippen LogP contribution is -2.17. The molecule has 8 heteroatoms. The van der Waals surface area contributed by atoms with E-state index in [1.807, 2.05) is 30.3 Å². The summed E-state index contributed by atoms with van der Waals surface area (Å²) in [6.07, 6.45) is 1.50. The van der Waals surface area contributed by atoms with Gasteiger partial charge in [-0.25, -0.2) is 10.2 Å². The summed E-state index contributed by atoms with van der Waals surface area (Å²) in [5.41, 5.74) is 5.09. The summed E-state index contributed by atoms with van der Waals surface area (Å²) in [6.45, 7) is 0.398. The van der Waals surface area contributed by atoms with Gasteiger partial charge in [-0.1, -0.05) is 35.9 Å². The molecular weight excluding hydrogens is 544 g/mol. The molecule has 1 N–H and O–H groups in total. The average Bonchev–Trinajstić information content (AvgIpc) is 2.90. The zero-order chi connectivity index (χ0) is 25.3. The molecule has 4 aromatic carbocycles. The summed E-state index contributed by atoms with van der Waals surface area (Å²) < 4.78 is 11.8. The van der Waals surface area contributed by atoms with Crippen LogP contribution in [0.25, 0.3) is 0 Å². The Balaban J connectivity index is 1.26. The maximum Gasteiger partial charge on any atom is 0.344 e. The number of esters is 1. The summed E-state index contributed by atoms with van der Waals surface area (Å²) in [6, 6.07) is 28.0. The van der Waals surface area contributed by atoms with Gasteiger partial charge in [0.15, 0.2) is 0 Å². The molecule has 0 aromatic heterocycles. The van der Waals surface area contributed by atoms with Crippen molar-refractivity contribution in [2.24, 2.45) is 5.10 Å². The van der Waals surface area contributed by atoms with Crippen LogP contribution in [-0.4, -0.2) is 18.1 Å². The second-order valence-corrected chi connectivity index (χ2v) is 8.87. The van der Waals surface area contributed by atoms with Gasteiger partial charge < -0.3 is 9.47 Å². The molecule has 0 bridgehead atoms. The van der Waals surface area contributed by atoms with E-state index in [2.05, 4.69) is 26.5 Å². The Labute approximate surface area is 221 Å². The Morgan fingerprint density at radius 3 is 2.22 bits per heavy atom. The summed E-state index contributed by atoms with van der Waals surface area (Å²) in [7, 11) is 0. The van der Waals surface area contributed by atoms with Crippen molar-refractivity contribution < 1.29 is 19.1 Å². The second-order valence-electron chi connectivity index (χ2n) is 7.58. The van der Waals surface area contributed by atoms with Crippen molar-refractivity contribution in [1.29, 1.82) is 0 Å². The molecule has 4 rings (SSSR count). The number of hydrazone groups is 1. The van der Waals surface area contributed by atoms with Crippen LogP contribution in [0.5, 0.6) is 11.5 Å². The molecule has 0 atom stereocenters. The van der Waals surface area contributed by atoms with E-state index in [-0.39, 0.29) is 5.91 Å². The van der Waals surface area contributed by atoms with Crippen LogP contribution in [0.1, 0.15) is 31.8 Å². The first-order valence-corrected chi connectivity index (χ1v) is 12.0. The highest BCUT2D eigenvalue weighted by Crippen LogP contribution is 2.20. The highest BCUT2D eigenvalue weighted by atomic mass is 79.9. The molecule has 0 fully saturated rings. The fourth-order valence-electron chi connectivity index (χ4n) is 3.09. The molecule has 0 unspecified atom stereocenters. The maximum atomic E-state index is 12.4. The van der Waals surface area contributed by atoms with E-state index in [1.165, 1.54) is 6.21 Å². The highest BCUT2D eigenvalue weighted by molar-refractivity contribution is 9.10. The van der Waals surface area contributed by atoms with Gasteiger partial charge in [0.05, 0.1) is 11.8 Å². The number of carbonyl (C=O) groups is 2. The number of hydrogen-bond donors (Lipinski definition) is 1. The number of benzene rings is 4. The molecule has 6 nitrogen and oxygen atoms in total. The molecule has 0 spiro atoms. The smallest absolute Gasteiger partial charge is 0.344 e. The standard InChI is InChI=1S/C28H20BrClN2O4/c29-26-4-2-1-3-25(26)28(34)36-24-13-7-19(8-14-24)17-31-32-27(33)21-9-15-23(16-10-21)35-18-20-5-11-22(30)12-6-20/h1-17H,18H2,(H,32,33)/b31-17+. The minimum Gasteiger partial charge on any atom is -0.489 e. The van der Waals surface area contributed by atoms with Gasteiger partial charge >= 0.3 is 5.97 Å². The minimum atomic E-state index is -0.461. The van der Waals surface area contributed by atoms with E-state index in [0.717, 1.165) is 11.1 Å². The largest absolute Gasteiger partial charge is 0.489 e. The molecule has 0 radical (unpaired) electrons. The number of rotatable bonds is 8. The summed E-state index contributed by atoms with van der Waals surface area (Å²) in [4.78, 5) is 24.7. The molecule has 0 aliphatic rings.